The summed E-state index contributed by atoms with van der Waals surface area (Å²) in [6.45, 7) is 1.93. The zero-order chi connectivity index (χ0) is 32.8. The lowest BCUT2D eigenvalue weighted by Gasteiger charge is -2.46. The Morgan fingerprint density at radius 2 is 2.09 bits per heavy atom. The van der Waals surface area contributed by atoms with E-state index in [2.05, 4.69) is 26.7 Å². The number of methoxy groups -OCH3 is 1. The van der Waals surface area contributed by atoms with Gasteiger partial charge in [-0.1, -0.05) is 29.8 Å². The highest BCUT2D eigenvalue weighted by Gasteiger charge is 2.45. The minimum Gasteiger partial charge on any atom is -0.490 e. The molecule has 7 rings (SSSR count). The number of aromatic nitrogens is 1. The number of aryl methyl sites for hydroxylation is 1. The van der Waals surface area contributed by atoms with Gasteiger partial charge in [0.1, 0.15) is 22.1 Å². The molecule has 250 valence electrons. The molecule has 47 heavy (non-hydrogen) atoms. The average molecular weight is 698 g/mol. The van der Waals surface area contributed by atoms with Crippen LogP contribution in [0.1, 0.15) is 71.1 Å². The van der Waals surface area contributed by atoms with Gasteiger partial charge in [-0.05, 0) is 98.2 Å². The van der Waals surface area contributed by atoms with Gasteiger partial charge in [0.05, 0.1) is 18.4 Å². The molecule has 2 aliphatic carbocycles. The number of anilines is 1. The number of aliphatic hydroxyl groups is 1. The lowest BCUT2D eigenvalue weighted by atomic mass is 9.68. The number of amides is 1. The Labute approximate surface area is 285 Å². The van der Waals surface area contributed by atoms with Crippen LogP contribution in [0, 0.1) is 11.8 Å². The Bertz CT molecular complexity index is 1770. The van der Waals surface area contributed by atoms with Gasteiger partial charge in [-0.2, -0.15) is 0 Å². The summed E-state index contributed by atoms with van der Waals surface area (Å²) in [5.41, 5.74) is 3.21. The average Bonchev–Trinajstić information content (AvgIpc) is 3.54. The molecule has 0 saturated heterocycles. The molecular weight excluding hydrogens is 658 g/mol. The first-order valence-corrected chi connectivity index (χ1v) is 19.1. The predicted octanol–water partition coefficient (Wildman–Crippen LogP) is 5.82. The third-order valence-corrected chi connectivity index (χ3v) is 13.4. The summed E-state index contributed by atoms with van der Waals surface area (Å²) in [7, 11) is -2.59. The van der Waals surface area contributed by atoms with Crippen LogP contribution < -0.4 is 14.4 Å². The van der Waals surface area contributed by atoms with E-state index < -0.39 is 27.3 Å². The van der Waals surface area contributed by atoms with Crippen LogP contribution in [0.5, 0.6) is 5.75 Å². The van der Waals surface area contributed by atoms with E-state index in [1.807, 2.05) is 18.2 Å². The Morgan fingerprint density at radius 1 is 1.21 bits per heavy atom. The van der Waals surface area contributed by atoms with Crippen LogP contribution in [-0.4, -0.2) is 62.6 Å². The lowest BCUT2D eigenvalue weighted by Crippen LogP contribution is -2.49. The van der Waals surface area contributed by atoms with E-state index in [1.54, 1.807) is 30.7 Å². The van der Waals surface area contributed by atoms with Crippen LogP contribution in [0.25, 0.3) is 0 Å². The van der Waals surface area contributed by atoms with Gasteiger partial charge in [0, 0.05) is 47.8 Å². The van der Waals surface area contributed by atoms with E-state index in [1.165, 1.54) is 28.7 Å². The number of carbonyl (C=O) groups is 1. The minimum atomic E-state index is -4.31. The maximum absolute atomic E-state index is 13.7. The highest BCUT2D eigenvalue weighted by atomic mass is 35.5. The first kappa shape index (κ1) is 32.6. The fourth-order valence-corrected chi connectivity index (χ4v) is 10.4. The molecule has 1 spiro atoms. The summed E-state index contributed by atoms with van der Waals surface area (Å²) in [4.78, 5) is 20.2. The molecule has 4 aliphatic rings. The van der Waals surface area contributed by atoms with E-state index in [4.69, 9.17) is 21.1 Å². The molecule has 1 aromatic heterocycles. The zero-order valence-electron chi connectivity index (χ0n) is 26.3. The number of thiazole rings is 1. The van der Waals surface area contributed by atoms with Crippen LogP contribution in [0.15, 0.2) is 60.1 Å². The number of allylic oxidation sites excluding steroid dienone is 1. The third-order valence-electron chi connectivity index (χ3n) is 10.6. The van der Waals surface area contributed by atoms with Gasteiger partial charge in [-0.15, -0.1) is 11.3 Å². The zero-order valence-corrected chi connectivity index (χ0v) is 28.7. The maximum Gasteiger partial charge on any atom is 0.264 e. The number of hydrogen-bond acceptors (Lipinski definition) is 9. The molecule has 1 amide bonds. The summed E-state index contributed by atoms with van der Waals surface area (Å²) in [6, 6.07) is 11.3. The highest BCUT2D eigenvalue weighted by molar-refractivity contribution is 7.90. The van der Waals surface area contributed by atoms with Crippen molar-refractivity contribution in [3.8, 4) is 5.75 Å². The Kier molecular flexibility index (Phi) is 9.12. The topological polar surface area (TPSA) is 118 Å². The Hall–Kier alpha value is -2.96. The SMILES string of the molecule is CO[C@H]1/C=C/CC[C@H]([C@H](O)c2nccs2)S(=O)(=O)NC(=O)c2ccc3c(c2)N(C[C@@H]2CC[C@H]21)C[C@@]1(CCCc2cc(Cl)ccc21)CO3. The summed E-state index contributed by atoms with van der Waals surface area (Å²) in [5.74, 6) is 0.562. The summed E-state index contributed by atoms with van der Waals surface area (Å²) >= 11 is 7.60. The molecule has 0 radical (unpaired) electrons. The molecule has 3 aromatic rings. The van der Waals surface area contributed by atoms with Crippen LogP contribution in [0.4, 0.5) is 5.69 Å². The van der Waals surface area contributed by atoms with Crippen molar-refractivity contribution in [3.05, 3.63) is 86.8 Å². The summed E-state index contributed by atoms with van der Waals surface area (Å²) < 4.78 is 42.3. The predicted molar refractivity (Wildman–Crippen MR) is 183 cm³/mol. The number of fused-ring (bicyclic) bond motifs is 4. The van der Waals surface area contributed by atoms with Crippen molar-refractivity contribution in [2.24, 2.45) is 11.8 Å². The molecule has 12 heteroatoms. The fraction of sp³-hybridized carbons (Fsp3) is 0.486. The molecule has 2 aliphatic heterocycles. The third kappa shape index (κ3) is 6.33. The number of hydrogen-bond donors (Lipinski definition) is 2. The number of sulfonamides is 1. The van der Waals surface area contributed by atoms with Crippen molar-refractivity contribution in [2.75, 3.05) is 31.7 Å². The second-order valence-corrected chi connectivity index (χ2v) is 16.6. The van der Waals surface area contributed by atoms with Crippen LogP contribution in [0.3, 0.4) is 0 Å². The van der Waals surface area contributed by atoms with Crippen molar-refractivity contribution >= 4 is 44.6 Å². The van der Waals surface area contributed by atoms with E-state index in [0.29, 0.717) is 31.2 Å². The van der Waals surface area contributed by atoms with Crippen molar-refractivity contribution in [3.63, 3.8) is 0 Å². The number of aliphatic hydroxyl groups excluding tert-OH is 1. The van der Waals surface area contributed by atoms with E-state index in [-0.39, 0.29) is 34.4 Å². The van der Waals surface area contributed by atoms with Crippen molar-refractivity contribution in [1.29, 1.82) is 0 Å². The smallest absolute Gasteiger partial charge is 0.264 e. The first-order valence-electron chi connectivity index (χ1n) is 16.3. The van der Waals surface area contributed by atoms with Gasteiger partial charge < -0.3 is 19.5 Å². The molecule has 0 unspecified atom stereocenters. The molecule has 2 N–H and O–H groups in total. The second-order valence-electron chi connectivity index (χ2n) is 13.3. The largest absolute Gasteiger partial charge is 0.490 e. The van der Waals surface area contributed by atoms with Gasteiger partial charge >= 0.3 is 0 Å². The maximum atomic E-state index is 13.7. The highest BCUT2D eigenvalue weighted by Crippen LogP contribution is 2.47. The lowest BCUT2D eigenvalue weighted by molar-refractivity contribution is 0.0131. The van der Waals surface area contributed by atoms with Gasteiger partial charge in [0.25, 0.3) is 5.91 Å². The monoisotopic (exact) mass is 697 g/mol. The Morgan fingerprint density at radius 3 is 2.85 bits per heavy atom. The van der Waals surface area contributed by atoms with E-state index in [9.17, 15) is 18.3 Å². The number of carbonyl (C=O) groups excluding carboxylic acids is 1. The molecule has 6 atom stereocenters. The van der Waals surface area contributed by atoms with Crippen LogP contribution in [0.2, 0.25) is 5.02 Å². The van der Waals surface area contributed by atoms with Crippen LogP contribution in [-0.2, 0) is 26.6 Å². The number of rotatable bonds is 3. The van der Waals surface area contributed by atoms with Crippen molar-refractivity contribution in [1.82, 2.24) is 9.71 Å². The second kappa shape index (κ2) is 13.2. The molecule has 2 bridgehead atoms. The van der Waals surface area contributed by atoms with Crippen molar-refractivity contribution in [2.45, 2.75) is 67.8 Å². The Balaban J connectivity index is 1.29. The van der Waals surface area contributed by atoms with E-state index in [0.717, 1.165) is 49.4 Å². The van der Waals surface area contributed by atoms with Gasteiger partial charge in [-0.3, -0.25) is 4.79 Å². The van der Waals surface area contributed by atoms with Gasteiger partial charge in [0.15, 0.2) is 0 Å². The molecule has 2 aromatic carbocycles. The number of ether oxygens (including phenoxy) is 2. The quantitative estimate of drug-likeness (QED) is 0.329. The number of benzene rings is 2. The molecule has 1 saturated carbocycles. The molecular formula is C35H40ClN3O6S2. The first-order chi connectivity index (χ1) is 22.7. The number of nitrogens with one attached hydrogen (secondary N) is 1. The molecule has 1 fully saturated rings. The van der Waals surface area contributed by atoms with E-state index >= 15 is 0 Å². The van der Waals surface area contributed by atoms with Crippen molar-refractivity contribution < 1.29 is 27.8 Å². The summed E-state index contributed by atoms with van der Waals surface area (Å²) in [6.07, 6.45) is 9.49. The fourth-order valence-electron chi connectivity index (χ4n) is 7.97. The van der Waals surface area contributed by atoms with Crippen LogP contribution >= 0.6 is 22.9 Å². The van der Waals surface area contributed by atoms with Gasteiger partial charge in [-0.25, -0.2) is 18.1 Å². The summed E-state index contributed by atoms with van der Waals surface area (Å²) in [5, 5.41) is 12.6. The normalized spacial score (nSPS) is 30.1. The van der Waals surface area contributed by atoms with Gasteiger partial charge in [0.2, 0.25) is 10.0 Å². The molecule has 3 heterocycles. The molecule has 9 nitrogen and oxygen atoms in total. The number of halogens is 1. The standard InChI is InChI=1S/C35H40ClN3O6S2/c1-44-29-6-2-3-7-31(32(40)34-37-15-16-46-34)47(42,43)38-33(41)23-9-13-30-28(18-23)39(19-24-8-11-26(24)29)20-35(21-45-30)14-4-5-22-17-25(36)10-12-27(22)35/h2,6,9-10,12-13,15-18,24,26,29,31-32,40H,3-5,7-8,11,14,19-21H2,1H3,(H,38,41)/b6-2+/t24-,26+,29-,31+,32-,35-/m0/s1. The number of nitrogens with zero attached hydrogens (tertiary/aromatic N) is 2. The minimum absolute atomic E-state index is 0.102.